The predicted molar refractivity (Wildman–Crippen MR) is 85.3 cm³/mol. The lowest BCUT2D eigenvalue weighted by molar-refractivity contribution is 0.300. The summed E-state index contributed by atoms with van der Waals surface area (Å²) in [7, 11) is 1.68. The molecule has 0 heterocycles. The van der Waals surface area contributed by atoms with Crippen LogP contribution in [0.5, 0.6) is 5.75 Å². The van der Waals surface area contributed by atoms with Crippen molar-refractivity contribution < 1.29 is 4.74 Å². The van der Waals surface area contributed by atoms with Gasteiger partial charge in [0.15, 0.2) is 5.75 Å². The third-order valence-corrected chi connectivity index (χ3v) is 4.74. The maximum atomic E-state index is 6.09. The van der Waals surface area contributed by atoms with Crippen molar-refractivity contribution in [3.8, 4) is 5.75 Å². The van der Waals surface area contributed by atoms with E-state index in [9.17, 15) is 0 Å². The van der Waals surface area contributed by atoms with Gasteiger partial charge in [0.25, 0.3) is 0 Å². The van der Waals surface area contributed by atoms with Gasteiger partial charge in [0, 0.05) is 11.6 Å². The number of ether oxygens (including phenoxy) is 1. The number of hydrogen-bond acceptors (Lipinski definition) is 2. The third kappa shape index (κ3) is 4.03. The maximum absolute atomic E-state index is 6.09. The number of hydrogen-bond donors (Lipinski definition) is 1. The molecule has 0 aromatic heterocycles. The fourth-order valence-corrected chi connectivity index (χ4v) is 3.66. The molecule has 0 unspecified atom stereocenters. The van der Waals surface area contributed by atoms with Gasteiger partial charge < -0.3 is 10.1 Å². The lowest BCUT2D eigenvalue weighted by Gasteiger charge is -2.27. The van der Waals surface area contributed by atoms with Crippen molar-refractivity contribution in [2.24, 2.45) is 11.8 Å². The first-order chi connectivity index (χ1) is 9.10. The summed E-state index contributed by atoms with van der Waals surface area (Å²) in [5.74, 6) is 2.48. The van der Waals surface area contributed by atoms with Gasteiger partial charge in [0.1, 0.15) is 0 Å². The highest BCUT2D eigenvalue weighted by molar-refractivity contribution is 9.10. The van der Waals surface area contributed by atoms with E-state index in [0.717, 1.165) is 34.3 Å². The summed E-state index contributed by atoms with van der Waals surface area (Å²) in [6.45, 7) is 3.34. The summed E-state index contributed by atoms with van der Waals surface area (Å²) in [5.41, 5.74) is 0.973. The quantitative estimate of drug-likeness (QED) is 0.793. The second-order valence-corrected chi connectivity index (χ2v) is 6.77. The SMILES string of the molecule is COc1c(Br)cc(Cl)cc1NCC1CCC(C)CC1. The molecule has 0 bridgehead atoms. The molecule has 2 nitrogen and oxygen atoms in total. The smallest absolute Gasteiger partial charge is 0.156 e. The molecule has 0 radical (unpaired) electrons. The lowest BCUT2D eigenvalue weighted by Crippen LogP contribution is -2.20. The Morgan fingerprint density at radius 2 is 2.00 bits per heavy atom. The minimum Gasteiger partial charge on any atom is -0.493 e. The van der Waals surface area contributed by atoms with Crippen molar-refractivity contribution in [3.63, 3.8) is 0 Å². The highest BCUT2D eigenvalue weighted by Crippen LogP contribution is 2.37. The molecule has 1 fully saturated rings. The number of anilines is 1. The normalized spacial score (nSPS) is 23.2. The van der Waals surface area contributed by atoms with Crippen molar-refractivity contribution >= 4 is 33.2 Å². The van der Waals surface area contributed by atoms with Crippen LogP contribution in [0, 0.1) is 11.8 Å². The fraction of sp³-hybridized carbons (Fsp3) is 0.600. The van der Waals surface area contributed by atoms with Gasteiger partial charge in [-0.2, -0.15) is 0 Å². The molecular weight excluding hydrogens is 326 g/mol. The Hall–Kier alpha value is -0.410. The number of halogens is 2. The van der Waals surface area contributed by atoms with Crippen molar-refractivity contribution in [1.29, 1.82) is 0 Å². The average Bonchev–Trinajstić information content (AvgIpc) is 2.37. The lowest BCUT2D eigenvalue weighted by atomic mass is 9.83. The molecule has 0 saturated heterocycles. The number of benzene rings is 1. The maximum Gasteiger partial charge on any atom is 0.156 e. The van der Waals surface area contributed by atoms with Crippen LogP contribution in [0.2, 0.25) is 5.02 Å². The second-order valence-electron chi connectivity index (χ2n) is 5.48. The van der Waals surface area contributed by atoms with Crippen molar-refractivity contribution in [2.75, 3.05) is 19.0 Å². The molecule has 1 aliphatic rings. The minimum atomic E-state index is 0.715. The van der Waals surface area contributed by atoms with Gasteiger partial charge in [0.2, 0.25) is 0 Å². The van der Waals surface area contributed by atoms with Gasteiger partial charge in [-0.25, -0.2) is 0 Å². The van der Waals surface area contributed by atoms with Crippen molar-refractivity contribution in [1.82, 2.24) is 0 Å². The Kier molecular flexibility index (Phi) is 5.40. The Balaban J connectivity index is 1.99. The van der Waals surface area contributed by atoms with Gasteiger partial charge in [-0.1, -0.05) is 31.4 Å². The van der Waals surface area contributed by atoms with E-state index in [4.69, 9.17) is 16.3 Å². The van der Waals surface area contributed by atoms with E-state index in [1.165, 1.54) is 25.7 Å². The molecular formula is C15H21BrClNO. The van der Waals surface area contributed by atoms with Crippen LogP contribution in [0.15, 0.2) is 16.6 Å². The first-order valence-corrected chi connectivity index (χ1v) is 8.04. The zero-order valence-electron chi connectivity index (χ0n) is 11.5. The van der Waals surface area contributed by atoms with Crippen LogP contribution < -0.4 is 10.1 Å². The minimum absolute atomic E-state index is 0.715. The Morgan fingerprint density at radius 1 is 1.32 bits per heavy atom. The number of rotatable bonds is 4. The predicted octanol–water partition coefficient (Wildman–Crippen LogP) is 5.35. The fourth-order valence-electron chi connectivity index (χ4n) is 2.69. The molecule has 0 spiro atoms. The molecule has 106 valence electrons. The molecule has 1 N–H and O–H groups in total. The van der Waals surface area contributed by atoms with Crippen LogP contribution in [0.4, 0.5) is 5.69 Å². The summed E-state index contributed by atoms with van der Waals surface area (Å²) in [6, 6.07) is 3.78. The van der Waals surface area contributed by atoms with Crippen molar-refractivity contribution in [3.05, 3.63) is 21.6 Å². The summed E-state index contributed by atoms with van der Waals surface area (Å²) in [4.78, 5) is 0. The molecule has 0 aliphatic heterocycles. The summed E-state index contributed by atoms with van der Waals surface area (Å²) in [6.07, 6.45) is 5.34. The Labute approximate surface area is 129 Å². The van der Waals surface area contributed by atoms with Gasteiger partial charge in [0.05, 0.1) is 17.3 Å². The molecule has 4 heteroatoms. The van der Waals surface area contributed by atoms with E-state index in [0.29, 0.717) is 5.02 Å². The largest absolute Gasteiger partial charge is 0.493 e. The second kappa shape index (κ2) is 6.85. The van der Waals surface area contributed by atoms with Crippen LogP contribution in [-0.2, 0) is 0 Å². The first kappa shape index (κ1) is 15.0. The van der Waals surface area contributed by atoms with Crippen molar-refractivity contribution in [2.45, 2.75) is 32.6 Å². The molecule has 2 rings (SSSR count). The van der Waals surface area contributed by atoms with E-state index < -0.39 is 0 Å². The molecule has 0 amide bonds. The van der Waals surface area contributed by atoms with E-state index in [-0.39, 0.29) is 0 Å². The highest BCUT2D eigenvalue weighted by atomic mass is 79.9. The monoisotopic (exact) mass is 345 g/mol. The molecule has 19 heavy (non-hydrogen) atoms. The van der Waals surface area contributed by atoms with E-state index in [1.54, 1.807) is 7.11 Å². The molecule has 1 aromatic carbocycles. The summed E-state index contributed by atoms with van der Waals surface area (Å²) >= 11 is 9.58. The summed E-state index contributed by atoms with van der Waals surface area (Å²) in [5, 5.41) is 4.21. The van der Waals surface area contributed by atoms with Crippen LogP contribution >= 0.6 is 27.5 Å². The molecule has 1 aromatic rings. The Morgan fingerprint density at radius 3 is 2.63 bits per heavy atom. The van der Waals surface area contributed by atoms with Gasteiger partial charge in [-0.15, -0.1) is 0 Å². The van der Waals surface area contributed by atoms with Gasteiger partial charge in [-0.3, -0.25) is 0 Å². The highest BCUT2D eigenvalue weighted by Gasteiger charge is 2.18. The van der Waals surface area contributed by atoms with Gasteiger partial charge in [-0.05, 0) is 52.7 Å². The van der Waals surface area contributed by atoms with E-state index in [2.05, 4.69) is 28.2 Å². The molecule has 1 aliphatic carbocycles. The number of nitrogens with one attached hydrogen (secondary N) is 1. The standard InChI is InChI=1S/C15H21BrClNO/c1-10-3-5-11(6-4-10)9-18-14-8-12(17)7-13(16)15(14)19-2/h7-8,10-11,18H,3-6,9H2,1-2H3. The average molecular weight is 347 g/mol. The Bertz CT molecular complexity index is 430. The molecule has 0 atom stereocenters. The third-order valence-electron chi connectivity index (χ3n) is 3.93. The van der Waals surface area contributed by atoms with E-state index in [1.807, 2.05) is 12.1 Å². The van der Waals surface area contributed by atoms with E-state index >= 15 is 0 Å². The van der Waals surface area contributed by atoms with Crippen LogP contribution in [0.1, 0.15) is 32.6 Å². The zero-order chi connectivity index (χ0) is 13.8. The molecule has 1 saturated carbocycles. The van der Waals surface area contributed by atoms with Crippen LogP contribution in [0.25, 0.3) is 0 Å². The topological polar surface area (TPSA) is 21.3 Å². The zero-order valence-corrected chi connectivity index (χ0v) is 13.9. The first-order valence-electron chi connectivity index (χ1n) is 6.87. The summed E-state index contributed by atoms with van der Waals surface area (Å²) < 4.78 is 6.31. The van der Waals surface area contributed by atoms with Crippen LogP contribution in [-0.4, -0.2) is 13.7 Å². The number of methoxy groups -OCH3 is 1. The van der Waals surface area contributed by atoms with Gasteiger partial charge >= 0.3 is 0 Å². The van der Waals surface area contributed by atoms with Crippen LogP contribution in [0.3, 0.4) is 0 Å².